The molecule has 0 atom stereocenters. The summed E-state index contributed by atoms with van der Waals surface area (Å²) in [5.41, 5.74) is -1.46. The van der Waals surface area contributed by atoms with Gasteiger partial charge in [0.15, 0.2) is 5.13 Å². The smallest absolute Gasteiger partial charge is 0.303 e. The summed E-state index contributed by atoms with van der Waals surface area (Å²) in [6.07, 6.45) is 1.53. The number of hydrogen-bond acceptors (Lipinski definition) is 5. The number of thiazole rings is 1. The van der Waals surface area contributed by atoms with Crippen molar-refractivity contribution in [3.05, 3.63) is 44.2 Å². The first-order valence-electron chi connectivity index (χ1n) is 4.19. The van der Waals surface area contributed by atoms with Crippen molar-refractivity contribution < 1.29 is 4.79 Å². The molecule has 3 N–H and O–H groups in total. The first kappa shape index (κ1) is 10.3. The molecule has 2 heterocycles. The maximum Gasteiger partial charge on any atom is 0.326 e. The zero-order chi connectivity index (χ0) is 11.5. The van der Waals surface area contributed by atoms with Crippen molar-refractivity contribution >= 4 is 22.4 Å². The van der Waals surface area contributed by atoms with E-state index in [2.05, 4.69) is 15.3 Å². The van der Waals surface area contributed by atoms with Gasteiger partial charge in [-0.25, -0.2) is 9.78 Å². The highest BCUT2D eigenvalue weighted by Gasteiger charge is 2.09. The van der Waals surface area contributed by atoms with Gasteiger partial charge in [0.25, 0.3) is 11.5 Å². The summed E-state index contributed by atoms with van der Waals surface area (Å²) in [6, 6.07) is 1.00. The quantitative estimate of drug-likeness (QED) is 0.671. The van der Waals surface area contributed by atoms with E-state index >= 15 is 0 Å². The van der Waals surface area contributed by atoms with Gasteiger partial charge in [-0.05, 0) is 0 Å². The Kier molecular flexibility index (Phi) is 2.64. The van der Waals surface area contributed by atoms with Crippen LogP contribution >= 0.6 is 11.3 Å². The number of nitrogens with one attached hydrogen (secondary N) is 3. The molecule has 0 fully saturated rings. The van der Waals surface area contributed by atoms with E-state index in [1.807, 2.05) is 4.98 Å². The predicted molar refractivity (Wildman–Crippen MR) is 57.8 cm³/mol. The van der Waals surface area contributed by atoms with Crippen LogP contribution in [0.15, 0.2) is 27.2 Å². The number of carbonyl (C=O) groups is 1. The second-order valence-corrected chi connectivity index (χ2v) is 3.69. The van der Waals surface area contributed by atoms with Crippen molar-refractivity contribution in [2.75, 3.05) is 5.32 Å². The van der Waals surface area contributed by atoms with E-state index in [1.165, 1.54) is 17.5 Å². The minimum Gasteiger partial charge on any atom is -0.303 e. The molecule has 0 unspecified atom stereocenters. The number of carbonyl (C=O) groups excluding carboxylic acids is 1. The first-order valence-corrected chi connectivity index (χ1v) is 5.07. The number of hydrogen-bond donors (Lipinski definition) is 3. The molecule has 2 aromatic rings. The Morgan fingerprint density at radius 2 is 2.19 bits per heavy atom. The van der Waals surface area contributed by atoms with Gasteiger partial charge in [-0.1, -0.05) is 0 Å². The topological polar surface area (TPSA) is 108 Å². The third-order valence-corrected chi connectivity index (χ3v) is 2.35. The maximum absolute atomic E-state index is 11.5. The van der Waals surface area contributed by atoms with Crippen LogP contribution in [0.5, 0.6) is 0 Å². The van der Waals surface area contributed by atoms with Crippen LogP contribution in [0.25, 0.3) is 0 Å². The predicted octanol–water partition coefficient (Wildman–Crippen LogP) is -0.228. The van der Waals surface area contributed by atoms with Gasteiger partial charge in [-0.15, -0.1) is 11.3 Å². The van der Waals surface area contributed by atoms with Gasteiger partial charge < -0.3 is 4.98 Å². The van der Waals surface area contributed by atoms with Gasteiger partial charge in [0, 0.05) is 17.6 Å². The number of H-pyrrole nitrogens is 2. The average molecular weight is 238 g/mol. The molecule has 16 heavy (non-hydrogen) atoms. The molecule has 0 radical (unpaired) electrons. The largest absolute Gasteiger partial charge is 0.326 e. The lowest BCUT2D eigenvalue weighted by atomic mass is 10.4. The SMILES string of the molecule is O=C(Nc1nccs1)c1cc(=O)[nH]c(=O)[nH]1. The zero-order valence-electron chi connectivity index (χ0n) is 7.81. The van der Waals surface area contributed by atoms with E-state index < -0.39 is 17.2 Å². The van der Waals surface area contributed by atoms with Crippen LogP contribution in [-0.4, -0.2) is 20.9 Å². The fourth-order valence-electron chi connectivity index (χ4n) is 1.04. The molecule has 1 amide bonds. The summed E-state index contributed by atoms with van der Waals surface area (Å²) in [7, 11) is 0. The third kappa shape index (κ3) is 2.23. The number of aromatic amines is 2. The molecule has 0 saturated carbocycles. The van der Waals surface area contributed by atoms with Crippen LogP contribution in [0.4, 0.5) is 5.13 Å². The van der Waals surface area contributed by atoms with Crippen molar-refractivity contribution in [1.29, 1.82) is 0 Å². The van der Waals surface area contributed by atoms with Crippen molar-refractivity contribution in [1.82, 2.24) is 15.0 Å². The molecule has 2 aromatic heterocycles. The summed E-state index contributed by atoms with van der Waals surface area (Å²) in [5, 5.41) is 4.52. The van der Waals surface area contributed by atoms with Crippen LogP contribution in [0.1, 0.15) is 10.5 Å². The Bertz CT molecular complexity index is 584. The van der Waals surface area contributed by atoms with Gasteiger partial charge >= 0.3 is 5.69 Å². The van der Waals surface area contributed by atoms with Crippen LogP contribution in [0, 0.1) is 0 Å². The van der Waals surface area contributed by atoms with Gasteiger partial charge in [0.05, 0.1) is 0 Å². The number of anilines is 1. The molecular weight excluding hydrogens is 232 g/mol. The van der Waals surface area contributed by atoms with Crippen molar-refractivity contribution in [2.24, 2.45) is 0 Å². The summed E-state index contributed by atoms with van der Waals surface area (Å²) in [5.74, 6) is -0.585. The highest BCUT2D eigenvalue weighted by atomic mass is 32.1. The Morgan fingerprint density at radius 3 is 2.81 bits per heavy atom. The Labute approximate surface area is 92.2 Å². The van der Waals surface area contributed by atoms with Gasteiger partial charge in [0.1, 0.15) is 5.69 Å². The molecule has 0 bridgehead atoms. The van der Waals surface area contributed by atoms with E-state index in [1.54, 1.807) is 5.38 Å². The van der Waals surface area contributed by atoms with E-state index in [9.17, 15) is 14.4 Å². The average Bonchev–Trinajstić information content (AvgIpc) is 2.68. The van der Waals surface area contributed by atoms with E-state index in [4.69, 9.17) is 0 Å². The molecule has 7 nitrogen and oxygen atoms in total. The van der Waals surface area contributed by atoms with Crippen LogP contribution in [0.3, 0.4) is 0 Å². The normalized spacial score (nSPS) is 10.0. The standard InChI is InChI=1S/C8H6N4O3S/c13-5-3-4(10-7(15)11-5)6(14)12-8-9-1-2-16-8/h1-3H,(H,9,12,14)(H2,10,11,13,15). The highest BCUT2D eigenvalue weighted by molar-refractivity contribution is 7.13. The summed E-state index contributed by atoms with van der Waals surface area (Å²) in [6.45, 7) is 0. The number of amides is 1. The molecule has 0 aromatic carbocycles. The lowest BCUT2D eigenvalue weighted by Gasteiger charge is -1.99. The lowest BCUT2D eigenvalue weighted by Crippen LogP contribution is -2.27. The minimum atomic E-state index is -0.725. The lowest BCUT2D eigenvalue weighted by molar-refractivity contribution is 0.102. The molecule has 2 rings (SSSR count). The van der Waals surface area contributed by atoms with E-state index in [0.717, 1.165) is 6.07 Å². The molecular formula is C8H6N4O3S. The second-order valence-electron chi connectivity index (χ2n) is 2.79. The summed E-state index contributed by atoms with van der Waals surface area (Å²) >= 11 is 1.23. The van der Waals surface area contributed by atoms with Crippen molar-refractivity contribution in [3.63, 3.8) is 0 Å². The molecule has 0 spiro atoms. The fourth-order valence-corrected chi connectivity index (χ4v) is 1.56. The third-order valence-electron chi connectivity index (χ3n) is 1.66. The number of nitrogens with zero attached hydrogens (tertiary/aromatic N) is 1. The van der Waals surface area contributed by atoms with Crippen LogP contribution in [0.2, 0.25) is 0 Å². The summed E-state index contributed by atoms with van der Waals surface area (Å²) < 4.78 is 0. The first-order chi connectivity index (χ1) is 7.65. The molecule has 0 saturated heterocycles. The monoisotopic (exact) mass is 238 g/mol. The Balaban J connectivity index is 2.28. The molecule has 82 valence electrons. The molecule has 0 aliphatic rings. The van der Waals surface area contributed by atoms with Crippen molar-refractivity contribution in [3.8, 4) is 0 Å². The second kappa shape index (κ2) is 4.11. The van der Waals surface area contributed by atoms with Gasteiger partial charge in [0.2, 0.25) is 0 Å². The van der Waals surface area contributed by atoms with Crippen LogP contribution < -0.4 is 16.6 Å². The Hall–Kier alpha value is -2.22. The van der Waals surface area contributed by atoms with Gasteiger partial charge in [-0.2, -0.15) is 0 Å². The number of rotatable bonds is 2. The van der Waals surface area contributed by atoms with Crippen LogP contribution in [-0.2, 0) is 0 Å². The van der Waals surface area contributed by atoms with E-state index in [-0.39, 0.29) is 5.69 Å². The highest BCUT2D eigenvalue weighted by Crippen LogP contribution is 2.10. The van der Waals surface area contributed by atoms with Crippen molar-refractivity contribution in [2.45, 2.75) is 0 Å². The maximum atomic E-state index is 11.5. The Morgan fingerprint density at radius 1 is 1.38 bits per heavy atom. The zero-order valence-corrected chi connectivity index (χ0v) is 8.63. The summed E-state index contributed by atoms with van der Waals surface area (Å²) in [4.78, 5) is 41.4. The minimum absolute atomic E-state index is 0.107. The number of aromatic nitrogens is 3. The fraction of sp³-hybridized carbons (Fsp3) is 0. The molecule has 0 aliphatic heterocycles. The molecule has 8 heteroatoms. The van der Waals surface area contributed by atoms with Gasteiger partial charge in [-0.3, -0.25) is 19.9 Å². The molecule has 0 aliphatic carbocycles. The van der Waals surface area contributed by atoms with E-state index in [0.29, 0.717) is 5.13 Å².